The van der Waals surface area contributed by atoms with Gasteiger partial charge in [-0.05, 0) is 22.3 Å². The highest BCUT2D eigenvalue weighted by Crippen LogP contribution is 2.08. The largest absolute Gasteiger partial charge is 0.0622 e. The van der Waals surface area contributed by atoms with Crippen LogP contribution in [0.5, 0.6) is 0 Å². The normalized spacial score (nSPS) is 10.2. The fourth-order valence-electron chi connectivity index (χ4n) is 2.64. The number of hydrogen-bond acceptors (Lipinski definition) is 0. The minimum atomic E-state index is 0. The van der Waals surface area contributed by atoms with E-state index in [0.717, 1.165) is 0 Å². The lowest BCUT2D eigenvalue weighted by Crippen LogP contribution is -1.70. The van der Waals surface area contributed by atoms with Crippen molar-refractivity contribution in [3.8, 4) is 0 Å². The molecule has 0 saturated heterocycles. The van der Waals surface area contributed by atoms with Crippen molar-refractivity contribution in [3.05, 3.63) is 144 Å². The molecule has 0 aliphatic carbocycles. The Kier molecular flexibility index (Phi) is 10.3. The van der Waals surface area contributed by atoms with E-state index in [4.69, 9.17) is 0 Å². The molecule has 0 atom stereocenters. The molecule has 0 aliphatic heterocycles. The van der Waals surface area contributed by atoms with Crippen LogP contribution in [0.25, 0.3) is 24.3 Å². The second-order valence-corrected chi connectivity index (χ2v) is 6.31. The zero-order valence-corrected chi connectivity index (χ0v) is 18.0. The van der Waals surface area contributed by atoms with E-state index in [1.807, 2.05) is 72.8 Å². The predicted octanol–water partition coefficient (Wildman–Crippen LogP) is 7.33. The fourth-order valence-corrected chi connectivity index (χ4v) is 2.64. The zero-order valence-electron chi connectivity index (χ0n) is 16.6. The molecule has 4 rings (SSSR count). The molecule has 0 nitrogen and oxygen atoms in total. The molecule has 0 spiro atoms. The van der Waals surface area contributed by atoms with Gasteiger partial charge in [-0.1, -0.05) is 146 Å². The minimum absolute atomic E-state index is 0. The third-order valence-corrected chi connectivity index (χ3v) is 4.13. The first kappa shape index (κ1) is 22.4. The number of hydrogen-bond donors (Lipinski definition) is 0. The van der Waals surface area contributed by atoms with Crippen molar-refractivity contribution in [1.29, 1.82) is 0 Å². The molecule has 2 radical (unpaired) electrons. The van der Waals surface area contributed by atoms with Gasteiger partial charge >= 0.3 is 0 Å². The molecule has 0 saturated carbocycles. The van der Waals surface area contributed by atoms with Gasteiger partial charge in [-0.25, -0.2) is 0 Å². The topological polar surface area (TPSA) is 0 Å². The van der Waals surface area contributed by atoms with Gasteiger partial charge < -0.3 is 0 Å². The van der Waals surface area contributed by atoms with Crippen LogP contribution >= 0.6 is 0 Å². The lowest BCUT2D eigenvalue weighted by molar-refractivity contribution is 1.65. The quantitative estimate of drug-likeness (QED) is 0.255. The van der Waals surface area contributed by atoms with E-state index >= 15 is 0 Å². The van der Waals surface area contributed by atoms with E-state index in [2.05, 4.69) is 72.8 Å². The van der Waals surface area contributed by atoms with Gasteiger partial charge in [-0.15, -0.1) is 0 Å². The number of rotatable bonds is 4. The molecule has 0 bridgehead atoms. The summed E-state index contributed by atoms with van der Waals surface area (Å²) in [5.41, 5.74) is 4.93. The van der Waals surface area contributed by atoms with Crippen LogP contribution in [0.15, 0.2) is 121 Å². The minimum Gasteiger partial charge on any atom is -0.0622 e. The van der Waals surface area contributed by atoms with Gasteiger partial charge in [0.25, 0.3) is 0 Å². The van der Waals surface area contributed by atoms with Crippen LogP contribution in [0, 0.1) is 0 Å². The van der Waals surface area contributed by atoms with Crippen LogP contribution in [0.2, 0.25) is 0 Å². The molecule has 138 valence electrons. The highest BCUT2D eigenvalue weighted by molar-refractivity contribution is 5.75. The van der Waals surface area contributed by atoms with Gasteiger partial charge in [-0.3, -0.25) is 0 Å². The molecular formula is C28H24Mg. The summed E-state index contributed by atoms with van der Waals surface area (Å²) in [6, 6.07) is 41.3. The standard InChI is InChI=1S/2C14H12.Mg/c2*1-3-7-13(8-4-1)11-12-14-9-5-2-6-10-14;/h2*1-12H;. The summed E-state index contributed by atoms with van der Waals surface area (Å²) in [5, 5.41) is 0. The van der Waals surface area contributed by atoms with Crippen molar-refractivity contribution < 1.29 is 0 Å². The van der Waals surface area contributed by atoms with E-state index in [0.29, 0.717) is 0 Å². The molecule has 0 aliphatic rings. The first-order valence-corrected chi connectivity index (χ1v) is 9.46. The third-order valence-electron chi connectivity index (χ3n) is 4.13. The lowest BCUT2D eigenvalue weighted by atomic mass is 10.1. The van der Waals surface area contributed by atoms with Gasteiger partial charge in [0.1, 0.15) is 0 Å². The van der Waals surface area contributed by atoms with E-state index in [9.17, 15) is 0 Å². The monoisotopic (exact) mass is 384 g/mol. The second-order valence-electron chi connectivity index (χ2n) is 6.31. The van der Waals surface area contributed by atoms with Crippen LogP contribution in [0.1, 0.15) is 22.3 Å². The summed E-state index contributed by atoms with van der Waals surface area (Å²) in [7, 11) is 0. The summed E-state index contributed by atoms with van der Waals surface area (Å²) in [4.78, 5) is 0. The maximum absolute atomic E-state index is 2.12. The van der Waals surface area contributed by atoms with Crippen LogP contribution in [-0.4, -0.2) is 23.1 Å². The smallest absolute Gasteiger partial charge is 0 e. The summed E-state index contributed by atoms with van der Waals surface area (Å²) < 4.78 is 0. The molecule has 0 N–H and O–H groups in total. The Balaban J connectivity index is 0.000000200. The van der Waals surface area contributed by atoms with Crippen LogP contribution in [-0.2, 0) is 0 Å². The Bertz CT molecular complexity index is 805. The van der Waals surface area contributed by atoms with Crippen molar-refractivity contribution in [2.45, 2.75) is 0 Å². The maximum atomic E-state index is 2.12. The van der Waals surface area contributed by atoms with Crippen molar-refractivity contribution in [3.63, 3.8) is 0 Å². The average Bonchev–Trinajstić information content (AvgIpc) is 2.80. The molecular weight excluding hydrogens is 361 g/mol. The molecule has 0 unspecified atom stereocenters. The van der Waals surface area contributed by atoms with E-state index in [-0.39, 0.29) is 23.1 Å². The van der Waals surface area contributed by atoms with Crippen molar-refractivity contribution in [2.75, 3.05) is 0 Å². The molecule has 0 fully saturated rings. The molecule has 29 heavy (non-hydrogen) atoms. The molecule has 0 amide bonds. The summed E-state index contributed by atoms with van der Waals surface area (Å²) in [5.74, 6) is 0. The Morgan fingerprint density at radius 1 is 0.276 bits per heavy atom. The highest BCUT2D eigenvalue weighted by atomic mass is 24.3. The first-order valence-electron chi connectivity index (χ1n) is 9.46. The van der Waals surface area contributed by atoms with E-state index < -0.39 is 0 Å². The average molecular weight is 385 g/mol. The van der Waals surface area contributed by atoms with Gasteiger partial charge in [0.15, 0.2) is 0 Å². The van der Waals surface area contributed by atoms with Crippen LogP contribution in [0.3, 0.4) is 0 Å². The van der Waals surface area contributed by atoms with E-state index in [1.165, 1.54) is 22.3 Å². The third kappa shape index (κ3) is 8.78. The Morgan fingerprint density at radius 2 is 0.448 bits per heavy atom. The molecule has 0 heterocycles. The van der Waals surface area contributed by atoms with Gasteiger partial charge in [0.2, 0.25) is 0 Å². The highest BCUT2D eigenvalue weighted by Gasteiger charge is 1.85. The molecule has 1 heteroatoms. The molecule has 0 aromatic heterocycles. The van der Waals surface area contributed by atoms with Gasteiger partial charge in [0, 0.05) is 23.1 Å². The fraction of sp³-hybridized carbons (Fsp3) is 0. The Labute approximate surface area is 190 Å². The zero-order chi connectivity index (χ0) is 19.3. The van der Waals surface area contributed by atoms with Crippen molar-refractivity contribution in [1.82, 2.24) is 0 Å². The molecule has 4 aromatic carbocycles. The van der Waals surface area contributed by atoms with Crippen LogP contribution < -0.4 is 0 Å². The Morgan fingerprint density at radius 3 is 0.621 bits per heavy atom. The summed E-state index contributed by atoms with van der Waals surface area (Å²) in [6.45, 7) is 0. The van der Waals surface area contributed by atoms with Gasteiger partial charge in [0.05, 0.1) is 0 Å². The molecule has 4 aromatic rings. The summed E-state index contributed by atoms with van der Waals surface area (Å²) >= 11 is 0. The summed E-state index contributed by atoms with van der Waals surface area (Å²) in [6.07, 6.45) is 8.48. The first-order chi connectivity index (χ1) is 13.9. The van der Waals surface area contributed by atoms with Crippen molar-refractivity contribution >= 4 is 47.4 Å². The lowest BCUT2D eigenvalue weighted by Gasteiger charge is -1.92. The van der Waals surface area contributed by atoms with Gasteiger partial charge in [-0.2, -0.15) is 0 Å². The van der Waals surface area contributed by atoms with Crippen LogP contribution in [0.4, 0.5) is 0 Å². The maximum Gasteiger partial charge on any atom is 0 e. The SMILES string of the molecule is C(=Cc1ccccc1)c1ccccc1.C(=Cc1ccccc1)c1ccccc1.[Mg]. The predicted molar refractivity (Wildman–Crippen MR) is 129 cm³/mol. The Hall–Kier alpha value is -2.87. The second kappa shape index (κ2) is 13.3. The van der Waals surface area contributed by atoms with Crippen molar-refractivity contribution in [2.24, 2.45) is 0 Å². The number of benzene rings is 4. The van der Waals surface area contributed by atoms with E-state index in [1.54, 1.807) is 0 Å².